The molecule has 0 spiro atoms. The second kappa shape index (κ2) is 22.6. The van der Waals surface area contributed by atoms with Crippen LogP contribution in [0, 0.1) is 0 Å². The molecule has 39 heavy (non-hydrogen) atoms. The first-order valence-corrected chi connectivity index (χ1v) is 15.4. The quantitative estimate of drug-likeness (QED) is 0.0823. The SMILES string of the molecule is CCC/C=C/C(O)C(COC1OC(CO)C(O)C(O)C1O)NC(=O)CCCCCCCCCCCCCCC. The number of hydrogen-bond donors (Lipinski definition) is 6. The van der Waals surface area contributed by atoms with Crippen molar-refractivity contribution in [1.29, 1.82) is 0 Å². The number of allylic oxidation sites excluding steroid dienone is 1. The molecule has 230 valence electrons. The van der Waals surface area contributed by atoms with Gasteiger partial charge in [-0.05, 0) is 12.8 Å². The lowest BCUT2D eigenvalue weighted by Crippen LogP contribution is -2.60. The number of carbonyl (C=O) groups is 1. The normalized spacial score (nSPS) is 25.2. The maximum absolute atomic E-state index is 12.6. The van der Waals surface area contributed by atoms with Gasteiger partial charge in [0.25, 0.3) is 0 Å². The van der Waals surface area contributed by atoms with E-state index >= 15 is 0 Å². The molecule has 1 aliphatic rings. The molecular weight excluding hydrogens is 502 g/mol. The van der Waals surface area contributed by atoms with Gasteiger partial charge in [0.2, 0.25) is 5.91 Å². The van der Waals surface area contributed by atoms with Gasteiger partial charge in [-0.3, -0.25) is 4.79 Å². The fraction of sp³-hybridized carbons (Fsp3) is 0.900. The van der Waals surface area contributed by atoms with Crippen molar-refractivity contribution < 1.29 is 39.8 Å². The Kier molecular flexibility index (Phi) is 20.8. The summed E-state index contributed by atoms with van der Waals surface area (Å²) >= 11 is 0. The first kappa shape index (κ1) is 36.0. The summed E-state index contributed by atoms with van der Waals surface area (Å²) in [4.78, 5) is 12.6. The summed E-state index contributed by atoms with van der Waals surface area (Å²) in [7, 11) is 0. The Hall–Kier alpha value is -1.07. The number of ether oxygens (including phenoxy) is 2. The Morgan fingerprint density at radius 1 is 0.846 bits per heavy atom. The standard InChI is InChI=1S/C30H57NO8/c1-3-5-7-8-9-10-11-12-13-14-15-16-18-20-26(34)31-23(24(33)19-17-6-4-2)22-38-30-29(37)28(36)27(35)25(21-32)39-30/h17,19,23-25,27-30,32-33,35-37H,3-16,18,20-22H2,1-2H3,(H,31,34)/b19-17+. The van der Waals surface area contributed by atoms with E-state index in [4.69, 9.17) is 9.47 Å². The first-order valence-electron chi connectivity index (χ1n) is 15.4. The van der Waals surface area contributed by atoms with Crippen molar-refractivity contribution in [3.8, 4) is 0 Å². The fourth-order valence-corrected chi connectivity index (χ4v) is 4.75. The van der Waals surface area contributed by atoms with E-state index in [2.05, 4.69) is 12.2 Å². The second-order valence-electron chi connectivity index (χ2n) is 10.9. The number of aliphatic hydroxyl groups is 5. The molecule has 0 aliphatic carbocycles. The molecule has 9 heteroatoms. The topological polar surface area (TPSA) is 149 Å². The molecule has 9 nitrogen and oxygen atoms in total. The number of aliphatic hydroxyl groups excluding tert-OH is 5. The average molecular weight is 560 g/mol. The van der Waals surface area contributed by atoms with Crippen molar-refractivity contribution in [3.05, 3.63) is 12.2 Å². The van der Waals surface area contributed by atoms with Crippen LogP contribution in [0.15, 0.2) is 12.2 Å². The molecule has 1 rings (SSSR count). The molecule has 1 fully saturated rings. The van der Waals surface area contributed by atoms with Crippen molar-refractivity contribution in [2.75, 3.05) is 13.2 Å². The van der Waals surface area contributed by atoms with Gasteiger partial charge in [0.05, 0.1) is 25.4 Å². The molecule has 0 radical (unpaired) electrons. The van der Waals surface area contributed by atoms with Gasteiger partial charge in [-0.2, -0.15) is 0 Å². The molecule has 7 atom stereocenters. The highest BCUT2D eigenvalue weighted by Crippen LogP contribution is 2.22. The Balaban J connectivity index is 2.37. The molecule has 1 aliphatic heterocycles. The molecule has 0 saturated carbocycles. The molecule has 0 aromatic carbocycles. The summed E-state index contributed by atoms with van der Waals surface area (Å²) in [6.45, 7) is 3.51. The summed E-state index contributed by atoms with van der Waals surface area (Å²) in [6, 6.07) is -0.792. The van der Waals surface area contributed by atoms with Crippen molar-refractivity contribution in [2.24, 2.45) is 0 Å². The van der Waals surface area contributed by atoms with Crippen molar-refractivity contribution in [3.63, 3.8) is 0 Å². The number of unbranched alkanes of at least 4 members (excludes halogenated alkanes) is 13. The van der Waals surface area contributed by atoms with E-state index in [1.807, 2.05) is 13.0 Å². The van der Waals surface area contributed by atoms with Crippen molar-refractivity contribution >= 4 is 5.91 Å². The van der Waals surface area contributed by atoms with Gasteiger partial charge in [0.15, 0.2) is 6.29 Å². The molecule has 1 saturated heterocycles. The number of carbonyl (C=O) groups excluding carboxylic acids is 1. The summed E-state index contributed by atoms with van der Waals surface area (Å²) < 4.78 is 11.0. The van der Waals surface area contributed by atoms with E-state index in [9.17, 15) is 30.3 Å². The molecule has 1 heterocycles. The van der Waals surface area contributed by atoms with E-state index in [0.717, 1.165) is 32.1 Å². The van der Waals surface area contributed by atoms with Gasteiger partial charge in [0, 0.05) is 6.42 Å². The lowest BCUT2D eigenvalue weighted by atomic mass is 9.99. The summed E-state index contributed by atoms with van der Waals surface area (Å²) in [5.74, 6) is -0.191. The van der Waals surface area contributed by atoms with Crippen molar-refractivity contribution in [2.45, 2.75) is 159 Å². The summed E-state index contributed by atoms with van der Waals surface area (Å²) in [5.41, 5.74) is 0. The van der Waals surface area contributed by atoms with Gasteiger partial charge < -0.3 is 40.3 Å². The molecular formula is C30H57NO8. The Morgan fingerprint density at radius 2 is 1.41 bits per heavy atom. The minimum atomic E-state index is -1.56. The third-order valence-corrected chi connectivity index (χ3v) is 7.34. The van der Waals surface area contributed by atoms with Gasteiger partial charge >= 0.3 is 0 Å². The number of rotatable bonds is 23. The van der Waals surface area contributed by atoms with Crippen LogP contribution in [-0.2, 0) is 14.3 Å². The highest BCUT2D eigenvalue weighted by atomic mass is 16.7. The first-order chi connectivity index (χ1) is 18.8. The van der Waals surface area contributed by atoms with Crippen LogP contribution >= 0.6 is 0 Å². The van der Waals surface area contributed by atoms with E-state index in [1.165, 1.54) is 64.2 Å². The zero-order valence-electron chi connectivity index (χ0n) is 24.4. The van der Waals surface area contributed by atoms with Crippen molar-refractivity contribution in [1.82, 2.24) is 5.32 Å². The van der Waals surface area contributed by atoms with E-state index in [-0.39, 0.29) is 12.5 Å². The smallest absolute Gasteiger partial charge is 0.220 e. The Morgan fingerprint density at radius 3 is 1.95 bits per heavy atom. The monoisotopic (exact) mass is 559 g/mol. The van der Waals surface area contributed by atoms with Gasteiger partial charge in [-0.15, -0.1) is 0 Å². The minimum absolute atomic E-state index is 0.190. The van der Waals surface area contributed by atoms with Crippen LogP contribution in [0.2, 0.25) is 0 Å². The Bertz CT molecular complexity index is 632. The molecule has 6 N–H and O–H groups in total. The van der Waals surface area contributed by atoms with Gasteiger partial charge in [-0.1, -0.05) is 109 Å². The molecule has 0 aromatic rings. The maximum atomic E-state index is 12.6. The van der Waals surface area contributed by atoms with E-state index in [1.54, 1.807) is 6.08 Å². The predicted octanol–water partition coefficient (Wildman–Crippen LogP) is 3.49. The third kappa shape index (κ3) is 15.5. The minimum Gasteiger partial charge on any atom is -0.394 e. The van der Waals surface area contributed by atoms with Gasteiger partial charge in [0.1, 0.15) is 24.4 Å². The largest absolute Gasteiger partial charge is 0.394 e. The molecule has 0 aromatic heterocycles. The highest BCUT2D eigenvalue weighted by Gasteiger charge is 2.44. The number of hydrogen-bond acceptors (Lipinski definition) is 8. The van der Waals surface area contributed by atoms with Crippen LogP contribution in [0.1, 0.15) is 117 Å². The van der Waals surface area contributed by atoms with E-state index in [0.29, 0.717) is 6.42 Å². The average Bonchev–Trinajstić information content (AvgIpc) is 2.93. The zero-order chi connectivity index (χ0) is 28.9. The second-order valence-corrected chi connectivity index (χ2v) is 10.9. The highest BCUT2D eigenvalue weighted by molar-refractivity contribution is 5.76. The predicted molar refractivity (Wildman–Crippen MR) is 152 cm³/mol. The maximum Gasteiger partial charge on any atom is 0.220 e. The fourth-order valence-electron chi connectivity index (χ4n) is 4.75. The summed E-state index contributed by atoms with van der Waals surface area (Å²) in [6.07, 6.45) is 13.4. The summed E-state index contributed by atoms with van der Waals surface area (Å²) in [5, 5.41) is 53.0. The Labute approximate surface area is 236 Å². The molecule has 1 amide bonds. The lowest BCUT2D eigenvalue weighted by Gasteiger charge is -2.40. The van der Waals surface area contributed by atoms with E-state index < -0.39 is 49.5 Å². The zero-order valence-corrected chi connectivity index (χ0v) is 24.4. The van der Waals surface area contributed by atoms with Crippen LogP contribution in [0.4, 0.5) is 0 Å². The third-order valence-electron chi connectivity index (χ3n) is 7.34. The lowest BCUT2D eigenvalue weighted by molar-refractivity contribution is -0.302. The van der Waals surface area contributed by atoms with Crippen LogP contribution in [-0.4, -0.2) is 87.5 Å². The van der Waals surface area contributed by atoms with Crippen LogP contribution in [0.3, 0.4) is 0 Å². The number of amides is 1. The van der Waals surface area contributed by atoms with Gasteiger partial charge in [-0.25, -0.2) is 0 Å². The van der Waals surface area contributed by atoms with Crippen LogP contribution < -0.4 is 5.32 Å². The van der Waals surface area contributed by atoms with Crippen LogP contribution in [0.5, 0.6) is 0 Å². The number of nitrogens with one attached hydrogen (secondary N) is 1. The van der Waals surface area contributed by atoms with Crippen LogP contribution in [0.25, 0.3) is 0 Å². The molecule has 7 unspecified atom stereocenters. The molecule has 0 bridgehead atoms.